The molecule has 1 aliphatic carbocycles. The third-order valence-corrected chi connectivity index (χ3v) is 2.01. The van der Waals surface area contributed by atoms with E-state index in [0.717, 1.165) is 0 Å². The first-order valence-corrected chi connectivity index (χ1v) is 3.94. The average Bonchev–Trinajstić information content (AvgIpc) is 2.16. The Balaban J connectivity index is 3.36. The molecule has 0 aromatic heterocycles. The first-order chi connectivity index (χ1) is 7.34. The lowest BCUT2D eigenvalue weighted by atomic mass is 9.99. The average molecular weight is 233 g/mol. The third-order valence-electron chi connectivity index (χ3n) is 2.01. The number of rotatable bonds is 1. The van der Waals surface area contributed by atoms with Crippen molar-refractivity contribution in [1.29, 1.82) is 0 Å². The van der Waals surface area contributed by atoms with Crippen LogP contribution in [0.3, 0.4) is 0 Å². The second-order valence-electron chi connectivity index (χ2n) is 2.96. The number of allylic oxidation sites excluding steroid dienone is 2. The zero-order valence-corrected chi connectivity index (χ0v) is 7.73. The lowest BCUT2D eigenvalue weighted by molar-refractivity contribution is -0.731. The van der Waals surface area contributed by atoms with Crippen LogP contribution in [0.1, 0.15) is 12.8 Å². The van der Waals surface area contributed by atoms with Gasteiger partial charge in [-0.2, -0.15) is 0 Å². The van der Waals surface area contributed by atoms with E-state index in [4.69, 9.17) is 10.4 Å². The fraction of sp³-hybridized carbons (Fsp3) is 0.333. The Morgan fingerprint density at radius 3 is 2.00 bits per heavy atom. The molecule has 0 bridgehead atoms. The van der Waals surface area contributed by atoms with Crippen molar-refractivity contribution in [3.8, 4) is 0 Å². The number of nitro groups is 1. The minimum atomic E-state index is -1.01. The van der Waals surface area contributed by atoms with Crippen LogP contribution in [0.25, 0.3) is 0 Å². The highest BCUT2D eigenvalue weighted by atomic mass is 16.8. The first-order valence-electron chi connectivity index (χ1n) is 3.94. The molecule has 0 aromatic carbocycles. The molecule has 0 radical (unpaired) electrons. The fourth-order valence-corrected chi connectivity index (χ4v) is 1.23. The van der Waals surface area contributed by atoms with Crippen molar-refractivity contribution in [2.24, 2.45) is 0 Å². The molecule has 0 saturated carbocycles. The maximum atomic E-state index is 10.5. The van der Waals surface area contributed by atoms with Crippen LogP contribution in [-0.2, 0) is 0 Å². The summed E-state index contributed by atoms with van der Waals surface area (Å²) in [6.07, 6.45) is -1.20. The van der Waals surface area contributed by atoms with Crippen molar-refractivity contribution in [3.05, 3.63) is 32.0 Å². The summed E-state index contributed by atoms with van der Waals surface area (Å²) in [6, 6.07) is 0. The number of hydrogen-bond donors (Lipinski definition) is 3. The van der Waals surface area contributed by atoms with Gasteiger partial charge < -0.3 is 15.5 Å². The topological polar surface area (TPSA) is 156 Å². The summed E-state index contributed by atoms with van der Waals surface area (Å²) >= 11 is 0. The second kappa shape index (κ2) is 3.92. The summed E-state index contributed by atoms with van der Waals surface area (Å²) in [7, 11) is 0. The van der Waals surface area contributed by atoms with E-state index in [1.165, 1.54) is 0 Å². The van der Waals surface area contributed by atoms with Crippen LogP contribution in [-0.4, -0.2) is 41.7 Å². The zero-order valence-electron chi connectivity index (χ0n) is 7.73. The van der Waals surface area contributed by atoms with Gasteiger partial charge in [0.25, 0.3) is 5.76 Å². The summed E-state index contributed by atoms with van der Waals surface area (Å²) in [4.78, 5) is 8.02. The molecule has 0 fully saturated rings. The molecule has 0 aliphatic heterocycles. The van der Waals surface area contributed by atoms with Crippen LogP contribution < -0.4 is 0 Å². The smallest absolute Gasteiger partial charge is 0.304 e. The Morgan fingerprint density at radius 1 is 1.06 bits per heavy atom. The lowest BCUT2D eigenvalue weighted by Gasteiger charge is -2.08. The highest BCUT2D eigenvalue weighted by Gasteiger charge is 2.41. The van der Waals surface area contributed by atoms with Crippen molar-refractivity contribution < 1.29 is 30.2 Å². The predicted molar refractivity (Wildman–Crippen MR) is 46.7 cm³/mol. The fourth-order valence-electron chi connectivity index (χ4n) is 1.23. The Bertz CT molecular complexity index is 427. The number of hydrogen-bond acceptors (Lipinski definition) is 7. The summed E-state index contributed by atoms with van der Waals surface area (Å²) in [6.45, 7) is 0. The maximum Gasteiger partial charge on any atom is 0.304 e. The Hall–Kier alpha value is -2.52. The number of aliphatic hydroxyl groups is 1. The van der Waals surface area contributed by atoms with Crippen molar-refractivity contribution in [2.45, 2.75) is 12.8 Å². The molecular formula is C6H7N3O7. The quantitative estimate of drug-likeness (QED) is 0.238. The van der Waals surface area contributed by atoms with Gasteiger partial charge in [0.15, 0.2) is 0 Å². The molecule has 88 valence electrons. The van der Waals surface area contributed by atoms with Crippen LogP contribution in [0.4, 0.5) is 0 Å². The number of aliphatic hydroxyl groups excluding tert-OH is 1. The molecule has 0 aromatic rings. The van der Waals surface area contributed by atoms with Crippen molar-refractivity contribution in [3.63, 3.8) is 0 Å². The Kier molecular flexibility index (Phi) is 2.83. The lowest BCUT2D eigenvalue weighted by Crippen LogP contribution is -2.31. The Labute approximate surface area is 87.5 Å². The monoisotopic (exact) mass is 233 g/mol. The molecule has 0 amide bonds. The molecule has 0 heterocycles. The SMILES string of the molecule is O=[N+]([O-])C1=C(O)C(=[N+]([O-])O)C/C(=[N+](/[O-])O)C1. The van der Waals surface area contributed by atoms with Crippen molar-refractivity contribution >= 4 is 11.4 Å². The summed E-state index contributed by atoms with van der Waals surface area (Å²) in [5.74, 6) is -1.01. The molecule has 16 heavy (non-hydrogen) atoms. The van der Waals surface area contributed by atoms with Crippen LogP contribution in [0.15, 0.2) is 11.5 Å². The van der Waals surface area contributed by atoms with E-state index >= 15 is 0 Å². The largest absolute Gasteiger partial charge is 0.498 e. The van der Waals surface area contributed by atoms with Crippen molar-refractivity contribution in [2.75, 3.05) is 0 Å². The Morgan fingerprint density at radius 2 is 1.62 bits per heavy atom. The standard InChI is InChI=1S/C6H7N3O7/c10-6-4(8(13)14)1-3(7(11)12)2-5(6)9(15)16/h10H,1-2H2,(H,11,12)(H,13,14). The summed E-state index contributed by atoms with van der Waals surface area (Å²) in [5.41, 5.74) is -2.06. The van der Waals surface area contributed by atoms with E-state index < -0.39 is 50.4 Å². The van der Waals surface area contributed by atoms with Gasteiger partial charge in [-0.25, -0.2) is 0 Å². The van der Waals surface area contributed by atoms with Gasteiger partial charge in [-0.1, -0.05) is 0 Å². The van der Waals surface area contributed by atoms with E-state index in [0.29, 0.717) is 0 Å². The molecule has 0 atom stereocenters. The number of nitrogens with zero attached hydrogens (tertiary/aromatic N) is 3. The van der Waals surface area contributed by atoms with Crippen LogP contribution >= 0.6 is 0 Å². The van der Waals surface area contributed by atoms with E-state index in [1.54, 1.807) is 0 Å². The molecular weight excluding hydrogens is 226 g/mol. The van der Waals surface area contributed by atoms with Crippen LogP contribution in [0, 0.1) is 20.5 Å². The predicted octanol–water partition coefficient (Wildman–Crippen LogP) is -0.492. The third kappa shape index (κ3) is 1.94. The highest BCUT2D eigenvalue weighted by molar-refractivity contribution is 6.10. The molecule has 0 saturated heterocycles. The van der Waals surface area contributed by atoms with Gasteiger partial charge in [-0.15, -0.1) is 0 Å². The van der Waals surface area contributed by atoms with Gasteiger partial charge in [-0.05, 0) is 0 Å². The van der Waals surface area contributed by atoms with Gasteiger partial charge in [0, 0.05) is 9.80 Å². The van der Waals surface area contributed by atoms with Gasteiger partial charge in [0.05, 0.1) is 4.92 Å². The van der Waals surface area contributed by atoms with Gasteiger partial charge in [-0.3, -0.25) is 20.5 Å². The van der Waals surface area contributed by atoms with E-state index in [2.05, 4.69) is 0 Å². The molecule has 0 unspecified atom stereocenters. The van der Waals surface area contributed by atoms with Crippen LogP contribution in [0.2, 0.25) is 0 Å². The van der Waals surface area contributed by atoms with Crippen molar-refractivity contribution in [1.82, 2.24) is 0 Å². The van der Waals surface area contributed by atoms with E-state index in [1.807, 2.05) is 0 Å². The zero-order chi connectivity index (χ0) is 12.5. The van der Waals surface area contributed by atoms with Gasteiger partial charge >= 0.3 is 11.4 Å². The molecule has 1 rings (SSSR count). The summed E-state index contributed by atoms with van der Waals surface area (Å²) in [5, 5.41) is 57.9. The molecule has 10 nitrogen and oxygen atoms in total. The second-order valence-corrected chi connectivity index (χ2v) is 2.96. The maximum absolute atomic E-state index is 10.5. The minimum Gasteiger partial charge on any atom is -0.498 e. The molecule has 10 heteroatoms. The normalized spacial score (nSPS) is 23.0. The minimum absolute atomic E-state index is 0.436. The van der Waals surface area contributed by atoms with E-state index in [-0.39, 0.29) is 0 Å². The molecule has 3 N–H and O–H groups in total. The van der Waals surface area contributed by atoms with Gasteiger partial charge in [0.1, 0.15) is 12.8 Å². The first kappa shape index (κ1) is 11.6. The van der Waals surface area contributed by atoms with Gasteiger partial charge in [0.2, 0.25) is 5.71 Å². The highest BCUT2D eigenvalue weighted by Crippen LogP contribution is 2.19. The molecule has 0 spiro atoms. The van der Waals surface area contributed by atoms with E-state index in [9.17, 15) is 25.6 Å². The molecule has 1 aliphatic rings. The summed E-state index contributed by atoms with van der Waals surface area (Å²) < 4.78 is 0. The van der Waals surface area contributed by atoms with Crippen LogP contribution in [0.5, 0.6) is 0 Å².